The van der Waals surface area contributed by atoms with Gasteiger partial charge in [0, 0.05) is 29.2 Å². The van der Waals surface area contributed by atoms with Crippen LogP contribution in [0.5, 0.6) is 5.88 Å². The summed E-state index contributed by atoms with van der Waals surface area (Å²) in [5, 5.41) is 0.795. The first kappa shape index (κ1) is 17.1. The maximum absolute atomic E-state index is 12.1. The lowest BCUT2D eigenvalue weighted by atomic mass is 10.2. The summed E-state index contributed by atoms with van der Waals surface area (Å²) in [6.07, 6.45) is 1.66. The first-order valence-electron chi connectivity index (χ1n) is 6.83. The number of ether oxygens (including phenoxy) is 1. The molecule has 120 valence electrons. The fourth-order valence-corrected chi connectivity index (χ4v) is 3.11. The van der Waals surface area contributed by atoms with Crippen molar-refractivity contribution in [3.8, 4) is 17.3 Å². The second-order valence-electron chi connectivity index (χ2n) is 5.76. The SMILES string of the molecule is COc1cc(-c2nsc(C(C)N[S@@+]([O-])C(C)(C)C)n2)ccn1. The van der Waals surface area contributed by atoms with E-state index in [4.69, 9.17) is 4.74 Å². The minimum absolute atomic E-state index is 0.130. The van der Waals surface area contributed by atoms with Crippen molar-refractivity contribution in [2.24, 2.45) is 0 Å². The van der Waals surface area contributed by atoms with Gasteiger partial charge >= 0.3 is 0 Å². The van der Waals surface area contributed by atoms with Crippen molar-refractivity contribution in [1.82, 2.24) is 19.1 Å². The molecule has 2 heterocycles. The van der Waals surface area contributed by atoms with E-state index in [0.717, 1.165) is 10.6 Å². The van der Waals surface area contributed by atoms with E-state index in [2.05, 4.69) is 19.1 Å². The molecule has 8 heteroatoms. The van der Waals surface area contributed by atoms with Gasteiger partial charge in [0.25, 0.3) is 0 Å². The number of nitrogens with one attached hydrogen (secondary N) is 1. The molecule has 22 heavy (non-hydrogen) atoms. The largest absolute Gasteiger partial charge is 0.598 e. The summed E-state index contributed by atoms with van der Waals surface area (Å²) < 4.78 is 24.4. The summed E-state index contributed by atoms with van der Waals surface area (Å²) >= 11 is 0.150. The number of methoxy groups -OCH3 is 1. The highest BCUT2D eigenvalue weighted by molar-refractivity contribution is 7.90. The molecule has 0 amide bonds. The van der Waals surface area contributed by atoms with Crippen LogP contribution in [0.4, 0.5) is 0 Å². The van der Waals surface area contributed by atoms with Gasteiger partial charge in [-0.3, -0.25) is 0 Å². The zero-order chi connectivity index (χ0) is 16.3. The maximum Gasteiger partial charge on any atom is 0.213 e. The Bertz CT molecular complexity index is 627. The molecule has 0 aliphatic carbocycles. The minimum Gasteiger partial charge on any atom is -0.598 e. The fourth-order valence-electron chi connectivity index (χ4n) is 1.58. The molecule has 0 saturated heterocycles. The van der Waals surface area contributed by atoms with Crippen molar-refractivity contribution < 1.29 is 9.29 Å². The third-order valence-electron chi connectivity index (χ3n) is 2.85. The van der Waals surface area contributed by atoms with Crippen molar-refractivity contribution in [1.29, 1.82) is 0 Å². The third kappa shape index (κ3) is 4.16. The normalized spacial score (nSPS) is 14.6. The minimum atomic E-state index is -1.15. The first-order chi connectivity index (χ1) is 10.3. The summed E-state index contributed by atoms with van der Waals surface area (Å²) in [6, 6.07) is 3.49. The Morgan fingerprint density at radius 1 is 1.41 bits per heavy atom. The molecular weight excluding hydrogens is 320 g/mol. The summed E-state index contributed by atoms with van der Waals surface area (Å²) in [6.45, 7) is 7.72. The van der Waals surface area contributed by atoms with Crippen LogP contribution in [0.2, 0.25) is 0 Å². The molecule has 2 aromatic heterocycles. The van der Waals surface area contributed by atoms with Crippen LogP contribution in [0.3, 0.4) is 0 Å². The Kier molecular flexibility index (Phi) is 5.38. The average Bonchev–Trinajstić information content (AvgIpc) is 2.96. The number of nitrogens with zero attached hydrogens (tertiary/aromatic N) is 3. The highest BCUT2D eigenvalue weighted by atomic mass is 32.2. The van der Waals surface area contributed by atoms with Crippen molar-refractivity contribution in [2.75, 3.05) is 7.11 Å². The topological polar surface area (TPSA) is 83.0 Å². The third-order valence-corrected chi connectivity index (χ3v) is 5.43. The van der Waals surface area contributed by atoms with Gasteiger partial charge in [-0.2, -0.15) is 4.37 Å². The van der Waals surface area contributed by atoms with E-state index < -0.39 is 11.4 Å². The summed E-state index contributed by atoms with van der Waals surface area (Å²) in [4.78, 5) is 8.58. The van der Waals surface area contributed by atoms with E-state index in [1.54, 1.807) is 19.4 Å². The second-order valence-corrected chi connectivity index (χ2v) is 8.55. The molecule has 0 fully saturated rings. The van der Waals surface area contributed by atoms with Crippen LogP contribution >= 0.6 is 11.5 Å². The van der Waals surface area contributed by atoms with Gasteiger partial charge in [0.1, 0.15) is 15.8 Å². The van der Waals surface area contributed by atoms with Crippen LogP contribution in [-0.4, -0.2) is 30.8 Å². The van der Waals surface area contributed by atoms with E-state index in [-0.39, 0.29) is 10.8 Å². The van der Waals surface area contributed by atoms with E-state index in [1.165, 1.54) is 11.5 Å². The van der Waals surface area contributed by atoms with E-state index >= 15 is 0 Å². The van der Waals surface area contributed by atoms with Crippen molar-refractivity contribution in [2.45, 2.75) is 38.5 Å². The molecule has 0 spiro atoms. The molecule has 0 radical (unpaired) electrons. The van der Waals surface area contributed by atoms with Gasteiger partial charge in [0.15, 0.2) is 5.82 Å². The van der Waals surface area contributed by atoms with Crippen LogP contribution in [0.25, 0.3) is 11.4 Å². The van der Waals surface area contributed by atoms with Gasteiger partial charge in [-0.15, -0.1) is 4.72 Å². The van der Waals surface area contributed by atoms with E-state index in [0.29, 0.717) is 11.7 Å². The Labute approximate surface area is 137 Å². The number of aromatic nitrogens is 3. The van der Waals surface area contributed by atoms with Crippen LogP contribution in [0.1, 0.15) is 38.7 Å². The highest BCUT2D eigenvalue weighted by Crippen LogP contribution is 2.25. The average molecular weight is 340 g/mol. The van der Waals surface area contributed by atoms with Crippen LogP contribution < -0.4 is 9.46 Å². The molecule has 2 rings (SSSR count). The monoisotopic (exact) mass is 340 g/mol. The lowest BCUT2D eigenvalue weighted by Crippen LogP contribution is -2.40. The number of pyridine rings is 1. The Morgan fingerprint density at radius 2 is 2.14 bits per heavy atom. The van der Waals surface area contributed by atoms with Gasteiger partial charge in [-0.25, -0.2) is 9.97 Å². The molecule has 0 aliphatic rings. The molecule has 0 bridgehead atoms. The number of hydrogen-bond donors (Lipinski definition) is 1. The van der Waals surface area contributed by atoms with E-state index in [1.807, 2.05) is 33.8 Å². The van der Waals surface area contributed by atoms with Gasteiger partial charge < -0.3 is 9.29 Å². The Balaban J connectivity index is 2.13. The number of hydrogen-bond acceptors (Lipinski definition) is 7. The summed E-state index contributed by atoms with van der Waals surface area (Å²) in [5.74, 6) is 1.14. The first-order valence-corrected chi connectivity index (χ1v) is 8.75. The Hall–Kier alpha value is -1.22. The Morgan fingerprint density at radius 3 is 2.77 bits per heavy atom. The van der Waals surface area contributed by atoms with Gasteiger partial charge in [-0.05, 0) is 45.3 Å². The standard InChI is InChI=1S/C14H20N4O2S2/c1-9(18-22(19)14(2,3)4)13-16-12(17-21-13)10-6-7-15-11(8-10)20-5/h6-9,18H,1-5H3/t9?,22-/m0/s1. The van der Waals surface area contributed by atoms with Crippen molar-refractivity contribution in [3.05, 3.63) is 23.3 Å². The molecular formula is C14H20N4O2S2. The predicted octanol–water partition coefficient (Wildman–Crippen LogP) is 2.72. The lowest BCUT2D eigenvalue weighted by Gasteiger charge is -2.25. The van der Waals surface area contributed by atoms with Crippen molar-refractivity contribution in [3.63, 3.8) is 0 Å². The molecule has 6 nitrogen and oxygen atoms in total. The smallest absolute Gasteiger partial charge is 0.213 e. The molecule has 0 saturated carbocycles. The molecule has 2 aromatic rings. The van der Waals surface area contributed by atoms with Crippen LogP contribution in [-0.2, 0) is 11.4 Å². The molecule has 1 unspecified atom stereocenters. The second kappa shape index (κ2) is 6.91. The quantitative estimate of drug-likeness (QED) is 0.843. The zero-order valence-corrected chi connectivity index (χ0v) is 14.9. The van der Waals surface area contributed by atoms with Gasteiger partial charge in [0.2, 0.25) is 5.88 Å². The maximum atomic E-state index is 12.1. The van der Waals surface area contributed by atoms with Gasteiger partial charge in [0.05, 0.1) is 7.11 Å². The number of rotatable bonds is 5. The van der Waals surface area contributed by atoms with Crippen LogP contribution in [0.15, 0.2) is 18.3 Å². The van der Waals surface area contributed by atoms with E-state index in [9.17, 15) is 4.55 Å². The van der Waals surface area contributed by atoms with Gasteiger partial charge in [-0.1, -0.05) is 0 Å². The molecule has 2 atom stereocenters. The summed E-state index contributed by atoms with van der Waals surface area (Å²) in [5.41, 5.74) is 0.846. The predicted molar refractivity (Wildman–Crippen MR) is 89.1 cm³/mol. The summed E-state index contributed by atoms with van der Waals surface area (Å²) in [7, 11) is 1.57. The van der Waals surface area contributed by atoms with Crippen molar-refractivity contribution >= 4 is 22.9 Å². The fraction of sp³-hybridized carbons (Fsp3) is 0.500. The van der Waals surface area contributed by atoms with Crippen LogP contribution in [0, 0.1) is 0 Å². The highest BCUT2D eigenvalue weighted by Gasteiger charge is 2.29. The molecule has 0 aromatic carbocycles. The lowest BCUT2D eigenvalue weighted by molar-refractivity contribution is 0.398. The molecule has 1 N–H and O–H groups in total. The molecule has 0 aliphatic heterocycles. The zero-order valence-electron chi connectivity index (χ0n) is 13.3.